The number of nitrogens with one attached hydrogen (secondary N) is 2. The summed E-state index contributed by atoms with van der Waals surface area (Å²) in [5.41, 5.74) is 0.597. The summed E-state index contributed by atoms with van der Waals surface area (Å²) in [6.07, 6.45) is -4.47. The van der Waals surface area contributed by atoms with Crippen LogP contribution in [-0.2, 0) is 11.3 Å². The first-order valence-corrected chi connectivity index (χ1v) is 13.7. The van der Waals surface area contributed by atoms with Crippen molar-refractivity contribution in [2.24, 2.45) is 5.92 Å². The van der Waals surface area contributed by atoms with Crippen LogP contribution in [0.2, 0.25) is 0 Å². The number of methoxy groups -OCH3 is 1. The van der Waals surface area contributed by atoms with E-state index in [-0.39, 0.29) is 48.7 Å². The monoisotopic (exact) mass is 616 g/mol. The van der Waals surface area contributed by atoms with Crippen molar-refractivity contribution in [2.45, 2.75) is 69.4 Å². The molecule has 1 saturated carbocycles. The normalized spacial score (nSPS) is 20.8. The highest BCUT2D eigenvalue weighted by molar-refractivity contribution is 5.93. The highest BCUT2D eigenvalue weighted by Crippen LogP contribution is 2.42. The third kappa shape index (κ3) is 6.28. The SMILES string of the molecule is CCn1ncc(F)c1C(=O)N[C@H](c1nc2cc([C@@H](COC)N3C[C@@H](C(F)(F)F)NC3=O)ccc2o1)C1CCC(F)(F)CC1. The number of aryl methyl sites for hydroxylation is 1. The molecule has 3 aromatic rings. The summed E-state index contributed by atoms with van der Waals surface area (Å²) in [4.78, 5) is 31.2. The average molecular weight is 617 g/mol. The summed E-state index contributed by atoms with van der Waals surface area (Å²) in [5, 5.41) is 8.48. The van der Waals surface area contributed by atoms with Gasteiger partial charge in [-0.1, -0.05) is 6.07 Å². The van der Waals surface area contributed by atoms with Crippen molar-refractivity contribution in [2.75, 3.05) is 20.3 Å². The van der Waals surface area contributed by atoms with Crippen LogP contribution < -0.4 is 10.6 Å². The first kappa shape index (κ1) is 30.6. The first-order chi connectivity index (χ1) is 20.3. The maximum atomic E-state index is 14.5. The number of carbonyl (C=O) groups excluding carboxylic acids is 2. The molecule has 0 unspecified atom stereocenters. The standard InChI is InChI=1S/C27H30F6N6O4/c1-3-39-22(16(28)11-34-39)23(40)37-21(14-6-8-26(29,30)9-7-14)24-35-17-10-15(4-5-19(17)43-24)18(13-42-2)38-12-20(27(31,32)33)36-25(38)41/h4-5,10-11,14,18,20-21H,3,6-9,12-13H2,1-2H3,(H,36,41)(H,37,40)/t18-,20+,21+/m1/s1. The molecule has 43 heavy (non-hydrogen) atoms. The van der Waals surface area contributed by atoms with Crippen LogP contribution in [0.1, 0.15) is 66.6 Å². The molecule has 3 atom stereocenters. The van der Waals surface area contributed by atoms with Crippen LogP contribution in [0.25, 0.3) is 11.1 Å². The lowest BCUT2D eigenvalue weighted by Gasteiger charge is -2.32. The Morgan fingerprint density at radius 2 is 2.00 bits per heavy atom. The number of urea groups is 1. The lowest BCUT2D eigenvalue weighted by Crippen LogP contribution is -2.40. The highest BCUT2D eigenvalue weighted by atomic mass is 19.4. The minimum absolute atomic E-state index is 0.00182. The Hall–Kier alpha value is -3.82. The van der Waals surface area contributed by atoms with Crippen LogP contribution in [0.4, 0.5) is 31.1 Å². The minimum atomic E-state index is -4.63. The molecule has 0 bridgehead atoms. The van der Waals surface area contributed by atoms with Gasteiger partial charge in [0.25, 0.3) is 5.91 Å². The molecule has 1 aromatic carbocycles. The Morgan fingerprint density at radius 3 is 2.63 bits per heavy atom. The molecule has 16 heteroatoms. The fourth-order valence-corrected chi connectivity index (χ4v) is 5.65. The van der Waals surface area contributed by atoms with Crippen molar-refractivity contribution in [3.63, 3.8) is 0 Å². The zero-order valence-corrected chi connectivity index (χ0v) is 23.3. The van der Waals surface area contributed by atoms with Gasteiger partial charge in [-0.05, 0) is 43.4 Å². The fraction of sp³-hybridized carbons (Fsp3) is 0.556. The molecule has 1 aliphatic heterocycles. The predicted octanol–water partition coefficient (Wildman–Crippen LogP) is 5.12. The van der Waals surface area contributed by atoms with Gasteiger partial charge in [0, 0.05) is 26.5 Å². The number of halogens is 6. The van der Waals surface area contributed by atoms with Crippen LogP contribution in [0.15, 0.2) is 28.8 Å². The summed E-state index contributed by atoms with van der Waals surface area (Å²) in [5.74, 6) is -5.03. The summed E-state index contributed by atoms with van der Waals surface area (Å²) >= 11 is 0. The second-order valence-electron chi connectivity index (χ2n) is 10.7. The van der Waals surface area contributed by atoms with Crippen molar-refractivity contribution in [3.8, 4) is 0 Å². The van der Waals surface area contributed by atoms with E-state index in [1.54, 1.807) is 13.0 Å². The van der Waals surface area contributed by atoms with Gasteiger partial charge in [0.05, 0.1) is 25.4 Å². The van der Waals surface area contributed by atoms with Gasteiger partial charge < -0.3 is 24.7 Å². The molecule has 2 fully saturated rings. The van der Waals surface area contributed by atoms with Gasteiger partial charge in [0.1, 0.15) is 17.6 Å². The summed E-state index contributed by atoms with van der Waals surface area (Å²) in [7, 11) is 1.35. The maximum absolute atomic E-state index is 14.5. The Labute approximate surface area is 241 Å². The molecule has 5 rings (SSSR count). The van der Waals surface area contributed by atoms with Crippen molar-refractivity contribution in [3.05, 3.63) is 47.4 Å². The van der Waals surface area contributed by atoms with E-state index in [4.69, 9.17) is 9.15 Å². The summed E-state index contributed by atoms with van der Waals surface area (Å²) in [6.45, 7) is 1.15. The molecule has 234 valence electrons. The highest BCUT2D eigenvalue weighted by Gasteiger charge is 2.48. The quantitative estimate of drug-likeness (QED) is 0.323. The number of amides is 3. The molecule has 3 heterocycles. The Morgan fingerprint density at radius 1 is 1.28 bits per heavy atom. The van der Waals surface area contributed by atoms with E-state index in [1.807, 2.05) is 5.32 Å². The number of benzene rings is 1. The van der Waals surface area contributed by atoms with Gasteiger partial charge in [0.2, 0.25) is 11.8 Å². The Bertz CT molecular complexity index is 1480. The van der Waals surface area contributed by atoms with Gasteiger partial charge in [-0.3, -0.25) is 9.48 Å². The largest absolute Gasteiger partial charge is 0.438 e. The van der Waals surface area contributed by atoms with Gasteiger partial charge in [-0.25, -0.2) is 22.9 Å². The van der Waals surface area contributed by atoms with Crippen LogP contribution in [0, 0.1) is 11.7 Å². The topological polar surface area (TPSA) is 115 Å². The molecule has 10 nitrogen and oxygen atoms in total. The van der Waals surface area contributed by atoms with Crippen molar-refractivity contribution in [1.29, 1.82) is 0 Å². The average Bonchev–Trinajstić information content (AvgIpc) is 3.66. The van der Waals surface area contributed by atoms with Gasteiger partial charge >= 0.3 is 12.2 Å². The van der Waals surface area contributed by atoms with E-state index in [1.165, 1.54) is 23.9 Å². The van der Waals surface area contributed by atoms with Crippen LogP contribution >= 0.6 is 0 Å². The smallest absolute Gasteiger partial charge is 0.410 e. The fourth-order valence-electron chi connectivity index (χ4n) is 5.65. The molecule has 0 spiro atoms. The van der Waals surface area contributed by atoms with E-state index >= 15 is 0 Å². The molecule has 1 aliphatic carbocycles. The molecule has 2 aromatic heterocycles. The van der Waals surface area contributed by atoms with Gasteiger partial charge in [-0.15, -0.1) is 0 Å². The first-order valence-electron chi connectivity index (χ1n) is 13.7. The van der Waals surface area contributed by atoms with Crippen molar-refractivity contribution >= 4 is 23.0 Å². The zero-order chi connectivity index (χ0) is 31.1. The molecular formula is C27H30F6N6O4. The predicted molar refractivity (Wildman–Crippen MR) is 139 cm³/mol. The maximum Gasteiger partial charge on any atom is 0.410 e. The van der Waals surface area contributed by atoms with E-state index in [0.717, 1.165) is 11.1 Å². The Balaban J connectivity index is 1.46. The molecule has 2 N–H and O–H groups in total. The second kappa shape index (κ2) is 11.7. The lowest BCUT2D eigenvalue weighted by molar-refractivity contribution is -0.150. The van der Waals surface area contributed by atoms with E-state index in [0.29, 0.717) is 5.56 Å². The minimum Gasteiger partial charge on any atom is -0.438 e. The van der Waals surface area contributed by atoms with Crippen LogP contribution in [0.3, 0.4) is 0 Å². The van der Waals surface area contributed by atoms with Crippen molar-refractivity contribution < 1.29 is 45.1 Å². The summed E-state index contributed by atoms with van der Waals surface area (Å²) < 4.78 is 94.6. The van der Waals surface area contributed by atoms with E-state index in [2.05, 4.69) is 15.4 Å². The van der Waals surface area contributed by atoms with Crippen molar-refractivity contribution in [1.82, 2.24) is 30.3 Å². The number of nitrogens with zero attached hydrogens (tertiary/aromatic N) is 4. The number of oxazole rings is 1. The number of fused-ring (bicyclic) bond motifs is 1. The zero-order valence-electron chi connectivity index (χ0n) is 23.3. The molecule has 3 amide bonds. The van der Waals surface area contributed by atoms with E-state index in [9.17, 15) is 35.9 Å². The summed E-state index contributed by atoms with van der Waals surface area (Å²) in [6, 6.07) is -0.234. The van der Waals surface area contributed by atoms with Crippen LogP contribution in [-0.4, -0.2) is 70.0 Å². The third-order valence-electron chi connectivity index (χ3n) is 7.94. The molecule has 0 radical (unpaired) electrons. The number of alkyl halides is 5. The second-order valence-corrected chi connectivity index (χ2v) is 10.7. The van der Waals surface area contributed by atoms with Gasteiger partial charge in [-0.2, -0.15) is 18.3 Å². The number of hydrogen-bond donors (Lipinski definition) is 2. The van der Waals surface area contributed by atoms with Crippen LogP contribution in [0.5, 0.6) is 0 Å². The molecule has 2 aliphatic rings. The lowest BCUT2D eigenvalue weighted by atomic mass is 9.82. The van der Waals surface area contributed by atoms with E-state index < -0.39 is 73.3 Å². The van der Waals surface area contributed by atoms with Gasteiger partial charge in [0.15, 0.2) is 17.1 Å². The molecule has 1 saturated heterocycles. The number of aromatic nitrogens is 3. The number of rotatable bonds is 9. The number of ether oxygens (including phenoxy) is 1. The third-order valence-corrected chi connectivity index (χ3v) is 7.94. The number of hydrogen-bond acceptors (Lipinski definition) is 6. The molecular weight excluding hydrogens is 586 g/mol. The number of carbonyl (C=O) groups is 2. The Kier molecular flexibility index (Phi) is 8.33.